The quantitative estimate of drug-likeness (QED) is 0.662. The Morgan fingerprint density at radius 2 is 1.93 bits per heavy atom. The molecule has 0 radical (unpaired) electrons. The van der Waals surface area contributed by atoms with Gasteiger partial charge in [-0.1, -0.05) is 18.6 Å². The molecule has 14 heavy (non-hydrogen) atoms. The van der Waals surface area contributed by atoms with Crippen LogP contribution in [0.1, 0.15) is 32.6 Å². The third-order valence-electron chi connectivity index (χ3n) is 4.38. The molecular weight excluding hydrogens is 170 g/mol. The van der Waals surface area contributed by atoms with Crippen molar-refractivity contribution >= 4 is 0 Å². The molecule has 1 saturated carbocycles. The highest BCUT2D eigenvalue weighted by Gasteiger charge is 2.41. The number of hydrogen-bond acceptors (Lipinski definition) is 1. The molecule has 2 fully saturated rings. The Morgan fingerprint density at radius 3 is 2.57 bits per heavy atom. The summed E-state index contributed by atoms with van der Waals surface area (Å²) in [5, 5.41) is 3.45. The Balaban J connectivity index is 1.49. The molecule has 0 aromatic heterocycles. The van der Waals surface area contributed by atoms with Crippen LogP contribution in [0.4, 0.5) is 0 Å². The van der Waals surface area contributed by atoms with Gasteiger partial charge in [-0.2, -0.15) is 0 Å². The van der Waals surface area contributed by atoms with Crippen LogP contribution in [0.25, 0.3) is 0 Å². The van der Waals surface area contributed by atoms with E-state index in [9.17, 15) is 0 Å². The van der Waals surface area contributed by atoms with Gasteiger partial charge in [0, 0.05) is 5.92 Å². The first-order valence-corrected chi connectivity index (χ1v) is 6.27. The van der Waals surface area contributed by atoms with Crippen molar-refractivity contribution in [2.75, 3.05) is 13.1 Å². The van der Waals surface area contributed by atoms with Gasteiger partial charge in [0.2, 0.25) is 0 Å². The fourth-order valence-electron chi connectivity index (χ4n) is 3.35. The number of allylic oxidation sites excluding steroid dienone is 2. The molecule has 3 aliphatic rings. The van der Waals surface area contributed by atoms with Gasteiger partial charge < -0.3 is 5.32 Å². The maximum Gasteiger partial charge on any atom is 0.00120 e. The summed E-state index contributed by atoms with van der Waals surface area (Å²) in [6, 6.07) is 0. The van der Waals surface area contributed by atoms with Crippen molar-refractivity contribution in [3.05, 3.63) is 11.6 Å². The number of nitrogens with one attached hydrogen (secondary N) is 1. The van der Waals surface area contributed by atoms with Crippen LogP contribution >= 0.6 is 0 Å². The zero-order valence-corrected chi connectivity index (χ0v) is 9.13. The number of hydrogen-bond donors (Lipinski definition) is 1. The van der Waals surface area contributed by atoms with Crippen molar-refractivity contribution in [2.24, 2.45) is 23.7 Å². The Bertz CT molecular complexity index is 244. The largest absolute Gasteiger partial charge is 0.317 e. The van der Waals surface area contributed by atoms with Gasteiger partial charge in [-0.05, 0) is 56.5 Å². The molecule has 0 spiro atoms. The molecule has 2 aliphatic carbocycles. The Kier molecular flexibility index (Phi) is 2.16. The lowest BCUT2D eigenvalue weighted by Crippen LogP contribution is -2.30. The summed E-state index contributed by atoms with van der Waals surface area (Å²) in [7, 11) is 0. The molecule has 0 bridgehead atoms. The third kappa shape index (κ3) is 1.52. The van der Waals surface area contributed by atoms with Crippen molar-refractivity contribution < 1.29 is 0 Å². The van der Waals surface area contributed by atoms with Crippen LogP contribution in [-0.4, -0.2) is 13.1 Å². The zero-order chi connectivity index (χ0) is 9.54. The highest BCUT2D eigenvalue weighted by molar-refractivity contribution is 5.34. The predicted molar refractivity (Wildman–Crippen MR) is 59.1 cm³/mol. The van der Waals surface area contributed by atoms with Crippen molar-refractivity contribution in [3.8, 4) is 0 Å². The standard InChI is InChI=1S/C13H21N/c1-9-6-11(7-9)13-8-12(13)10-2-4-14-5-3-10/h8-12,14H,2-7H2,1H3/t9-,11-,12-/m1/s1. The van der Waals surface area contributed by atoms with Crippen LogP contribution in [0.3, 0.4) is 0 Å². The Labute approximate surface area is 87.0 Å². The van der Waals surface area contributed by atoms with E-state index in [2.05, 4.69) is 18.3 Å². The van der Waals surface area contributed by atoms with Crippen molar-refractivity contribution in [2.45, 2.75) is 32.6 Å². The topological polar surface area (TPSA) is 12.0 Å². The van der Waals surface area contributed by atoms with Crippen LogP contribution in [-0.2, 0) is 0 Å². The fourth-order valence-corrected chi connectivity index (χ4v) is 3.35. The molecule has 1 aliphatic heterocycles. The molecule has 1 saturated heterocycles. The molecule has 0 amide bonds. The second-order valence-electron chi connectivity index (χ2n) is 5.55. The molecule has 0 aromatic rings. The second-order valence-corrected chi connectivity index (χ2v) is 5.55. The molecule has 3 rings (SSSR count). The average molecular weight is 191 g/mol. The van der Waals surface area contributed by atoms with E-state index in [4.69, 9.17) is 0 Å². The van der Waals surface area contributed by atoms with Gasteiger partial charge in [-0.25, -0.2) is 0 Å². The van der Waals surface area contributed by atoms with Gasteiger partial charge in [0.05, 0.1) is 0 Å². The molecule has 0 unspecified atom stereocenters. The summed E-state index contributed by atoms with van der Waals surface area (Å²) in [5.74, 6) is 3.96. The maximum atomic E-state index is 3.45. The minimum Gasteiger partial charge on any atom is -0.317 e. The minimum atomic E-state index is 0.939. The Hall–Kier alpha value is -0.300. The van der Waals surface area contributed by atoms with Crippen LogP contribution in [0.2, 0.25) is 0 Å². The molecule has 0 aromatic carbocycles. The lowest BCUT2D eigenvalue weighted by Gasteiger charge is -2.33. The molecule has 78 valence electrons. The first kappa shape index (κ1) is 8.96. The van der Waals surface area contributed by atoms with Crippen molar-refractivity contribution in [3.63, 3.8) is 0 Å². The minimum absolute atomic E-state index is 0.939. The van der Waals surface area contributed by atoms with Gasteiger partial charge in [-0.15, -0.1) is 0 Å². The molecule has 1 nitrogen and oxygen atoms in total. The summed E-state index contributed by atoms with van der Waals surface area (Å²) in [5.41, 5.74) is 1.84. The van der Waals surface area contributed by atoms with E-state index in [-0.39, 0.29) is 0 Å². The number of rotatable bonds is 2. The molecule has 1 heterocycles. The van der Waals surface area contributed by atoms with E-state index >= 15 is 0 Å². The summed E-state index contributed by atoms with van der Waals surface area (Å²) < 4.78 is 0. The predicted octanol–water partition coefficient (Wildman–Crippen LogP) is 2.59. The smallest absolute Gasteiger partial charge is 0.00120 e. The van der Waals surface area contributed by atoms with Crippen LogP contribution in [0.15, 0.2) is 11.6 Å². The monoisotopic (exact) mass is 191 g/mol. The van der Waals surface area contributed by atoms with E-state index in [1.54, 1.807) is 0 Å². The summed E-state index contributed by atoms with van der Waals surface area (Å²) in [6.07, 6.45) is 8.35. The van der Waals surface area contributed by atoms with Crippen LogP contribution in [0, 0.1) is 23.7 Å². The lowest BCUT2D eigenvalue weighted by atomic mass is 9.72. The van der Waals surface area contributed by atoms with Gasteiger partial charge in [-0.3, -0.25) is 0 Å². The van der Waals surface area contributed by atoms with Crippen LogP contribution in [0.5, 0.6) is 0 Å². The number of piperidine rings is 1. The van der Waals surface area contributed by atoms with Gasteiger partial charge in [0.15, 0.2) is 0 Å². The van der Waals surface area contributed by atoms with Gasteiger partial charge in [0.25, 0.3) is 0 Å². The van der Waals surface area contributed by atoms with Crippen molar-refractivity contribution in [1.82, 2.24) is 5.32 Å². The van der Waals surface area contributed by atoms with E-state index in [0.717, 1.165) is 23.7 Å². The van der Waals surface area contributed by atoms with E-state index in [0.29, 0.717) is 0 Å². The highest BCUT2D eigenvalue weighted by Crippen LogP contribution is 2.51. The van der Waals surface area contributed by atoms with Crippen LogP contribution < -0.4 is 5.32 Å². The maximum absolute atomic E-state index is 3.45. The van der Waals surface area contributed by atoms with Gasteiger partial charge in [0.1, 0.15) is 0 Å². The molecule has 1 N–H and O–H groups in total. The van der Waals surface area contributed by atoms with Crippen molar-refractivity contribution in [1.29, 1.82) is 0 Å². The fraction of sp³-hybridized carbons (Fsp3) is 0.846. The average Bonchev–Trinajstić information content (AvgIpc) is 2.94. The first-order valence-electron chi connectivity index (χ1n) is 6.27. The summed E-state index contributed by atoms with van der Waals surface area (Å²) in [4.78, 5) is 0. The first-order chi connectivity index (χ1) is 6.84. The Morgan fingerprint density at radius 1 is 1.21 bits per heavy atom. The second kappa shape index (κ2) is 3.37. The van der Waals surface area contributed by atoms with Gasteiger partial charge >= 0.3 is 0 Å². The molecule has 1 atom stereocenters. The highest BCUT2D eigenvalue weighted by atomic mass is 14.9. The lowest BCUT2D eigenvalue weighted by molar-refractivity contribution is 0.238. The normalized spacial score (nSPS) is 42.9. The van der Waals surface area contributed by atoms with E-state index in [1.807, 2.05) is 5.57 Å². The molecule has 1 heteroatoms. The summed E-state index contributed by atoms with van der Waals surface area (Å²) in [6.45, 7) is 4.89. The van der Waals surface area contributed by atoms with E-state index in [1.165, 1.54) is 38.8 Å². The zero-order valence-electron chi connectivity index (χ0n) is 9.13. The van der Waals surface area contributed by atoms with E-state index < -0.39 is 0 Å². The summed E-state index contributed by atoms with van der Waals surface area (Å²) >= 11 is 0. The molecular formula is C13H21N. The SMILES string of the molecule is C[C@H]1C[C@H](C2=C[C@@H]2C2CCNCC2)C1. The third-order valence-corrected chi connectivity index (χ3v) is 4.38.